The van der Waals surface area contributed by atoms with Gasteiger partial charge in [0.2, 0.25) is 0 Å². The van der Waals surface area contributed by atoms with Crippen LogP contribution in [0.4, 0.5) is 0 Å². The fraction of sp³-hybridized carbons (Fsp3) is 0.118. The molecule has 0 saturated heterocycles. The van der Waals surface area contributed by atoms with Gasteiger partial charge < -0.3 is 4.74 Å². The lowest BCUT2D eigenvalue weighted by molar-refractivity contribution is -0.135. The van der Waals surface area contributed by atoms with Crippen molar-refractivity contribution in [2.75, 3.05) is 12.9 Å². The van der Waals surface area contributed by atoms with Gasteiger partial charge in [-0.3, -0.25) is 0 Å². The van der Waals surface area contributed by atoms with Gasteiger partial charge in [0.15, 0.2) is 9.84 Å². The molecule has 1 heterocycles. The maximum Gasteiger partial charge on any atom is 0.345 e. The van der Waals surface area contributed by atoms with Gasteiger partial charge in [-0.25, -0.2) is 13.2 Å². The van der Waals surface area contributed by atoms with Gasteiger partial charge in [0.25, 0.3) is 0 Å². The number of sulfone groups is 1. The van der Waals surface area contributed by atoms with Crippen LogP contribution in [-0.2, 0) is 19.4 Å². The van der Waals surface area contributed by atoms with Gasteiger partial charge in [-0.05, 0) is 29.8 Å². The van der Waals surface area contributed by atoms with Crippen molar-refractivity contribution < 1.29 is 17.9 Å². The van der Waals surface area contributed by atoms with Crippen molar-refractivity contribution in [2.24, 2.45) is 0 Å². The highest BCUT2D eigenvalue weighted by atomic mass is 32.2. The standard InChI is InChI=1S/C17H14O4S2/c1-23(19,20)14-9-7-12(8-10-14)15-11-21-17(18)16(15)22-13-5-3-2-4-6-13/h2-10H,11H2,1H3. The van der Waals surface area contributed by atoms with E-state index in [1.54, 1.807) is 24.3 Å². The van der Waals surface area contributed by atoms with E-state index in [1.165, 1.54) is 18.0 Å². The first-order valence-corrected chi connectivity index (χ1v) is 9.59. The Labute approximate surface area is 139 Å². The number of hydrogen-bond donors (Lipinski definition) is 0. The second-order valence-corrected chi connectivity index (χ2v) is 8.19. The summed E-state index contributed by atoms with van der Waals surface area (Å²) in [5.41, 5.74) is 1.57. The normalized spacial score (nSPS) is 14.9. The van der Waals surface area contributed by atoms with Crippen LogP contribution in [-0.4, -0.2) is 27.2 Å². The van der Waals surface area contributed by atoms with Crippen molar-refractivity contribution in [3.05, 3.63) is 65.1 Å². The lowest BCUT2D eigenvalue weighted by Crippen LogP contribution is -1.97. The second-order valence-electron chi connectivity index (χ2n) is 5.10. The minimum Gasteiger partial charge on any atom is -0.457 e. The lowest BCUT2D eigenvalue weighted by atomic mass is 10.1. The van der Waals surface area contributed by atoms with Gasteiger partial charge in [-0.1, -0.05) is 42.1 Å². The molecule has 6 heteroatoms. The minimum atomic E-state index is -3.24. The molecule has 0 bridgehead atoms. The van der Waals surface area contributed by atoms with Gasteiger partial charge in [0.05, 0.1) is 4.90 Å². The Morgan fingerprint density at radius 3 is 2.26 bits per heavy atom. The summed E-state index contributed by atoms with van der Waals surface area (Å²) in [5, 5.41) is 0. The molecule has 0 amide bonds. The van der Waals surface area contributed by atoms with Gasteiger partial charge in [-0.2, -0.15) is 0 Å². The third-order valence-electron chi connectivity index (χ3n) is 3.40. The zero-order valence-corrected chi connectivity index (χ0v) is 14.0. The first-order valence-electron chi connectivity index (χ1n) is 6.89. The number of rotatable bonds is 4. The van der Waals surface area contributed by atoms with E-state index >= 15 is 0 Å². The molecule has 0 unspecified atom stereocenters. The Morgan fingerprint density at radius 1 is 1.00 bits per heavy atom. The van der Waals surface area contributed by atoms with Crippen LogP contribution >= 0.6 is 11.8 Å². The Morgan fingerprint density at radius 2 is 1.65 bits per heavy atom. The van der Waals surface area contributed by atoms with Crippen molar-refractivity contribution in [2.45, 2.75) is 9.79 Å². The summed E-state index contributed by atoms with van der Waals surface area (Å²) >= 11 is 1.36. The van der Waals surface area contributed by atoms with Crippen LogP contribution in [0.2, 0.25) is 0 Å². The maximum atomic E-state index is 12.0. The Balaban J connectivity index is 1.97. The number of esters is 1. The number of hydrogen-bond acceptors (Lipinski definition) is 5. The Bertz CT molecular complexity index is 867. The maximum absolute atomic E-state index is 12.0. The second kappa shape index (κ2) is 6.22. The number of carbonyl (C=O) groups excluding carboxylic acids is 1. The quantitative estimate of drug-likeness (QED) is 0.796. The molecule has 0 saturated carbocycles. The highest BCUT2D eigenvalue weighted by Gasteiger charge is 2.27. The molecule has 2 aromatic rings. The number of benzene rings is 2. The monoisotopic (exact) mass is 346 g/mol. The van der Waals surface area contributed by atoms with E-state index in [2.05, 4.69) is 0 Å². The van der Waals surface area contributed by atoms with E-state index in [0.29, 0.717) is 4.91 Å². The van der Waals surface area contributed by atoms with Crippen molar-refractivity contribution in [3.63, 3.8) is 0 Å². The fourth-order valence-electron chi connectivity index (χ4n) is 2.22. The number of carbonyl (C=O) groups is 1. The zero-order chi connectivity index (χ0) is 16.4. The summed E-state index contributed by atoms with van der Waals surface area (Å²) in [6.07, 6.45) is 1.17. The summed E-state index contributed by atoms with van der Waals surface area (Å²) in [4.78, 5) is 13.7. The van der Waals surface area contributed by atoms with Crippen LogP contribution in [0, 0.1) is 0 Å². The molecule has 4 nitrogen and oxygen atoms in total. The van der Waals surface area contributed by atoms with Crippen LogP contribution in [0.15, 0.2) is 69.3 Å². The van der Waals surface area contributed by atoms with E-state index in [0.717, 1.165) is 16.0 Å². The molecule has 0 spiro atoms. The van der Waals surface area contributed by atoms with E-state index < -0.39 is 9.84 Å². The molecule has 0 aliphatic carbocycles. The molecule has 0 N–H and O–H groups in total. The van der Waals surface area contributed by atoms with E-state index in [1.807, 2.05) is 30.3 Å². The fourth-order valence-corrected chi connectivity index (χ4v) is 3.82. The molecule has 0 atom stereocenters. The number of thioether (sulfide) groups is 1. The molecule has 1 aliphatic rings. The zero-order valence-electron chi connectivity index (χ0n) is 12.4. The molecule has 23 heavy (non-hydrogen) atoms. The van der Waals surface area contributed by atoms with Gasteiger partial charge in [-0.15, -0.1) is 0 Å². The van der Waals surface area contributed by atoms with Crippen LogP contribution < -0.4 is 0 Å². The highest BCUT2D eigenvalue weighted by Crippen LogP contribution is 2.37. The minimum absolute atomic E-state index is 0.201. The SMILES string of the molecule is CS(=O)(=O)c1ccc(C2=C(Sc3ccccc3)C(=O)OC2)cc1. The first kappa shape index (κ1) is 15.8. The lowest BCUT2D eigenvalue weighted by Gasteiger charge is -2.05. The molecule has 1 aliphatic heterocycles. The van der Waals surface area contributed by atoms with Crippen LogP contribution in [0.5, 0.6) is 0 Å². The summed E-state index contributed by atoms with van der Waals surface area (Å²) in [6.45, 7) is 0.201. The molecular weight excluding hydrogens is 332 g/mol. The predicted molar refractivity (Wildman–Crippen MR) is 89.7 cm³/mol. The van der Waals surface area contributed by atoms with Gasteiger partial charge in [0.1, 0.15) is 11.5 Å². The molecule has 3 rings (SSSR count). The third kappa shape index (κ3) is 3.48. The predicted octanol–water partition coefficient (Wildman–Crippen LogP) is 3.15. The van der Waals surface area contributed by atoms with Crippen molar-refractivity contribution in [1.82, 2.24) is 0 Å². The van der Waals surface area contributed by atoms with Gasteiger partial charge >= 0.3 is 5.97 Å². The van der Waals surface area contributed by atoms with E-state index in [9.17, 15) is 13.2 Å². The summed E-state index contributed by atoms with van der Waals surface area (Å²) in [6, 6.07) is 16.1. The first-order chi connectivity index (χ1) is 10.9. The number of cyclic esters (lactones) is 1. The van der Waals surface area contributed by atoms with Crippen LogP contribution in [0.1, 0.15) is 5.56 Å². The smallest absolute Gasteiger partial charge is 0.345 e. The van der Waals surface area contributed by atoms with Gasteiger partial charge in [0, 0.05) is 16.7 Å². The van der Waals surface area contributed by atoms with E-state index in [4.69, 9.17) is 4.74 Å². The van der Waals surface area contributed by atoms with Crippen molar-refractivity contribution in [1.29, 1.82) is 0 Å². The molecule has 0 fully saturated rings. The summed E-state index contributed by atoms with van der Waals surface area (Å²) < 4.78 is 28.2. The highest BCUT2D eigenvalue weighted by molar-refractivity contribution is 8.04. The average Bonchev–Trinajstić information content (AvgIpc) is 2.89. The van der Waals surface area contributed by atoms with Crippen LogP contribution in [0.3, 0.4) is 0 Å². The van der Waals surface area contributed by atoms with Crippen LogP contribution in [0.25, 0.3) is 5.57 Å². The Kier molecular flexibility index (Phi) is 4.28. The van der Waals surface area contributed by atoms with Crippen molar-refractivity contribution in [3.8, 4) is 0 Å². The van der Waals surface area contributed by atoms with Crippen molar-refractivity contribution >= 4 is 33.1 Å². The van der Waals surface area contributed by atoms with E-state index in [-0.39, 0.29) is 17.5 Å². The Hall–Kier alpha value is -2.05. The topological polar surface area (TPSA) is 60.4 Å². The molecule has 2 aromatic carbocycles. The number of ether oxygens (including phenoxy) is 1. The molecule has 0 radical (unpaired) electrons. The molecule has 118 valence electrons. The largest absolute Gasteiger partial charge is 0.457 e. The summed E-state index contributed by atoms with van der Waals surface area (Å²) in [5.74, 6) is -0.346. The third-order valence-corrected chi connectivity index (χ3v) is 5.65. The summed E-state index contributed by atoms with van der Waals surface area (Å²) in [7, 11) is -3.24. The molecular formula is C17H14O4S2. The average molecular weight is 346 g/mol. The molecule has 0 aromatic heterocycles.